The van der Waals surface area contributed by atoms with Crippen LogP contribution < -0.4 is 5.32 Å². The molecular formula is C17H25FN2O2. The van der Waals surface area contributed by atoms with Crippen LogP contribution in [0.15, 0.2) is 24.3 Å². The molecule has 0 atom stereocenters. The van der Waals surface area contributed by atoms with Crippen molar-refractivity contribution in [1.29, 1.82) is 0 Å². The fourth-order valence-corrected chi connectivity index (χ4v) is 2.67. The Hall–Kier alpha value is -1.46. The molecule has 0 aliphatic carbocycles. The number of benzene rings is 1. The summed E-state index contributed by atoms with van der Waals surface area (Å²) >= 11 is 0. The van der Waals surface area contributed by atoms with Gasteiger partial charge in [0.2, 0.25) is 5.91 Å². The normalized spacial score (nSPS) is 16.6. The summed E-state index contributed by atoms with van der Waals surface area (Å²) in [6, 6.07) is 6.27. The highest BCUT2D eigenvalue weighted by Gasteiger charge is 2.16. The van der Waals surface area contributed by atoms with Gasteiger partial charge in [-0.1, -0.05) is 12.1 Å². The maximum absolute atomic E-state index is 12.8. The van der Waals surface area contributed by atoms with E-state index >= 15 is 0 Å². The topological polar surface area (TPSA) is 52.6 Å². The molecule has 0 radical (unpaired) electrons. The summed E-state index contributed by atoms with van der Waals surface area (Å²) in [5.41, 5.74) is 0.975. The fraction of sp³-hybridized carbons (Fsp3) is 0.588. The van der Waals surface area contributed by atoms with Gasteiger partial charge in [0.15, 0.2) is 0 Å². The summed E-state index contributed by atoms with van der Waals surface area (Å²) in [5, 5.41) is 12.4. The van der Waals surface area contributed by atoms with Crippen LogP contribution in [0.4, 0.5) is 4.39 Å². The third kappa shape index (κ3) is 6.12. The van der Waals surface area contributed by atoms with Crippen LogP contribution in [0.25, 0.3) is 0 Å². The lowest BCUT2D eigenvalue weighted by atomic mass is 10.1. The largest absolute Gasteiger partial charge is 0.393 e. The monoisotopic (exact) mass is 308 g/mol. The third-order valence-corrected chi connectivity index (χ3v) is 4.08. The fourth-order valence-electron chi connectivity index (χ4n) is 2.67. The molecule has 0 unspecified atom stereocenters. The first-order chi connectivity index (χ1) is 10.6. The summed E-state index contributed by atoms with van der Waals surface area (Å²) in [4.78, 5) is 14.1. The van der Waals surface area contributed by atoms with Gasteiger partial charge < -0.3 is 15.3 Å². The van der Waals surface area contributed by atoms with Crippen molar-refractivity contribution in [2.45, 2.75) is 38.2 Å². The van der Waals surface area contributed by atoms with E-state index in [-0.39, 0.29) is 17.8 Å². The van der Waals surface area contributed by atoms with E-state index in [4.69, 9.17) is 0 Å². The molecule has 0 saturated carbocycles. The molecule has 1 aliphatic heterocycles. The number of aryl methyl sites for hydroxylation is 1. The maximum atomic E-state index is 12.8. The van der Waals surface area contributed by atoms with Gasteiger partial charge in [0.1, 0.15) is 5.82 Å². The number of aliphatic hydroxyl groups is 1. The molecule has 4 nitrogen and oxygen atoms in total. The molecule has 22 heavy (non-hydrogen) atoms. The predicted octanol–water partition coefficient (Wildman–Crippen LogP) is 1.72. The average Bonchev–Trinajstić information content (AvgIpc) is 2.53. The standard InChI is InChI=1S/C17H25FN2O2/c18-15-5-2-14(3-6-15)4-7-17(22)19-10-1-11-20-12-8-16(21)9-13-20/h2-3,5-6,16,21H,1,4,7-13H2,(H,19,22). The lowest BCUT2D eigenvalue weighted by molar-refractivity contribution is -0.121. The van der Waals surface area contributed by atoms with E-state index in [0.717, 1.165) is 44.5 Å². The number of piperidine rings is 1. The molecule has 1 saturated heterocycles. The molecule has 1 amide bonds. The Bertz CT molecular complexity index is 456. The summed E-state index contributed by atoms with van der Waals surface area (Å²) < 4.78 is 12.8. The molecule has 1 aromatic carbocycles. The van der Waals surface area contributed by atoms with E-state index in [1.54, 1.807) is 12.1 Å². The van der Waals surface area contributed by atoms with Crippen molar-refractivity contribution in [1.82, 2.24) is 10.2 Å². The van der Waals surface area contributed by atoms with Crippen molar-refractivity contribution in [3.8, 4) is 0 Å². The van der Waals surface area contributed by atoms with Gasteiger partial charge in [-0.15, -0.1) is 0 Å². The van der Waals surface area contributed by atoms with Gasteiger partial charge >= 0.3 is 0 Å². The smallest absolute Gasteiger partial charge is 0.220 e. The van der Waals surface area contributed by atoms with Crippen LogP contribution in [0.2, 0.25) is 0 Å². The number of nitrogens with zero attached hydrogens (tertiary/aromatic N) is 1. The quantitative estimate of drug-likeness (QED) is 0.754. The van der Waals surface area contributed by atoms with E-state index in [0.29, 0.717) is 19.4 Å². The first-order valence-corrected chi connectivity index (χ1v) is 8.05. The molecule has 1 aromatic rings. The predicted molar refractivity (Wildman–Crippen MR) is 84.0 cm³/mol. The van der Waals surface area contributed by atoms with Gasteiger partial charge in [-0.3, -0.25) is 4.79 Å². The third-order valence-electron chi connectivity index (χ3n) is 4.08. The van der Waals surface area contributed by atoms with Crippen LogP contribution in [0, 0.1) is 5.82 Å². The minimum absolute atomic E-state index is 0.0402. The molecular weight excluding hydrogens is 283 g/mol. The number of rotatable bonds is 7. The van der Waals surface area contributed by atoms with E-state index in [1.165, 1.54) is 12.1 Å². The van der Waals surface area contributed by atoms with Crippen LogP contribution in [0.5, 0.6) is 0 Å². The van der Waals surface area contributed by atoms with Crippen molar-refractivity contribution in [3.05, 3.63) is 35.6 Å². The van der Waals surface area contributed by atoms with Crippen molar-refractivity contribution in [3.63, 3.8) is 0 Å². The van der Waals surface area contributed by atoms with E-state index in [2.05, 4.69) is 10.2 Å². The molecule has 0 spiro atoms. The van der Waals surface area contributed by atoms with Crippen molar-refractivity contribution in [2.75, 3.05) is 26.2 Å². The molecule has 0 bridgehead atoms. The zero-order chi connectivity index (χ0) is 15.8. The minimum Gasteiger partial charge on any atom is -0.393 e. The number of nitrogens with one attached hydrogen (secondary N) is 1. The SMILES string of the molecule is O=C(CCc1ccc(F)cc1)NCCCN1CCC(O)CC1. The molecule has 1 fully saturated rings. The van der Waals surface area contributed by atoms with Gasteiger partial charge in [0, 0.05) is 26.1 Å². The van der Waals surface area contributed by atoms with Crippen LogP contribution in [0.1, 0.15) is 31.2 Å². The Kier molecular flexibility index (Phi) is 6.80. The van der Waals surface area contributed by atoms with Gasteiger partial charge in [-0.05, 0) is 49.9 Å². The Labute approximate surface area is 131 Å². The lowest BCUT2D eigenvalue weighted by Gasteiger charge is -2.29. The lowest BCUT2D eigenvalue weighted by Crippen LogP contribution is -2.37. The summed E-state index contributed by atoms with van der Waals surface area (Å²) in [7, 11) is 0. The molecule has 5 heteroatoms. The van der Waals surface area contributed by atoms with E-state index < -0.39 is 0 Å². The molecule has 1 heterocycles. The van der Waals surface area contributed by atoms with Gasteiger partial charge in [-0.2, -0.15) is 0 Å². The Morgan fingerprint density at radius 3 is 2.64 bits per heavy atom. The second kappa shape index (κ2) is 8.86. The second-order valence-electron chi connectivity index (χ2n) is 5.90. The zero-order valence-electron chi connectivity index (χ0n) is 12.9. The van der Waals surface area contributed by atoms with Gasteiger partial charge in [-0.25, -0.2) is 4.39 Å². The number of halogens is 1. The zero-order valence-corrected chi connectivity index (χ0v) is 12.9. The van der Waals surface area contributed by atoms with Gasteiger partial charge in [0.05, 0.1) is 6.10 Å². The number of aliphatic hydroxyl groups excluding tert-OH is 1. The van der Waals surface area contributed by atoms with Crippen molar-refractivity contribution >= 4 is 5.91 Å². The highest BCUT2D eigenvalue weighted by Crippen LogP contribution is 2.09. The van der Waals surface area contributed by atoms with Crippen LogP contribution in [0.3, 0.4) is 0 Å². The average molecular weight is 308 g/mol. The van der Waals surface area contributed by atoms with Crippen LogP contribution in [-0.2, 0) is 11.2 Å². The molecule has 0 aromatic heterocycles. The molecule has 2 N–H and O–H groups in total. The molecule has 2 rings (SSSR count). The van der Waals surface area contributed by atoms with E-state index in [1.807, 2.05) is 0 Å². The Morgan fingerprint density at radius 2 is 1.95 bits per heavy atom. The first kappa shape index (κ1) is 16.9. The number of carbonyl (C=O) groups excluding carboxylic acids is 1. The number of hydrogen-bond donors (Lipinski definition) is 2. The highest BCUT2D eigenvalue weighted by atomic mass is 19.1. The first-order valence-electron chi connectivity index (χ1n) is 8.05. The molecule has 122 valence electrons. The summed E-state index contributed by atoms with van der Waals surface area (Å²) in [6.45, 7) is 3.53. The number of amides is 1. The van der Waals surface area contributed by atoms with Crippen LogP contribution in [-0.4, -0.2) is 48.2 Å². The highest BCUT2D eigenvalue weighted by molar-refractivity contribution is 5.76. The number of likely N-dealkylation sites (tertiary alicyclic amines) is 1. The summed E-state index contributed by atoms with van der Waals surface area (Å²) in [5.74, 6) is -0.211. The number of carbonyl (C=O) groups is 1. The van der Waals surface area contributed by atoms with E-state index in [9.17, 15) is 14.3 Å². The second-order valence-corrected chi connectivity index (χ2v) is 5.90. The summed E-state index contributed by atoms with van der Waals surface area (Å²) in [6.07, 6.45) is 3.56. The number of hydrogen-bond acceptors (Lipinski definition) is 3. The maximum Gasteiger partial charge on any atom is 0.220 e. The molecule has 1 aliphatic rings. The Morgan fingerprint density at radius 1 is 1.27 bits per heavy atom. The van der Waals surface area contributed by atoms with Crippen LogP contribution >= 0.6 is 0 Å². The van der Waals surface area contributed by atoms with Gasteiger partial charge in [0.25, 0.3) is 0 Å². The Balaban J connectivity index is 1.53. The van der Waals surface area contributed by atoms with Crippen molar-refractivity contribution < 1.29 is 14.3 Å². The van der Waals surface area contributed by atoms with Crippen molar-refractivity contribution in [2.24, 2.45) is 0 Å². The minimum atomic E-state index is -0.251.